The number of hydrogen-bond acceptors (Lipinski definition) is 4. The SMILES string of the molecule is CCN(CC)CCCN1C(=O)C(=O)/C(=C(\O)c2cc(C)ccc2C)C1c1ccc(C)cc1. The number of benzene rings is 2. The number of aryl methyl sites for hydroxylation is 3. The largest absolute Gasteiger partial charge is 0.507 e. The molecule has 5 heteroatoms. The Kier molecular flexibility index (Phi) is 7.52. The number of likely N-dealkylation sites (tertiary alicyclic amines) is 1. The highest BCUT2D eigenvalue weighted by Gasteiger charge is 2.45. The lowest BCUT2D eigenvalue weighted by molar-refractivity contribution is -0.140. The average Bonchev–Trinajstić information content (AvgIpc) is 3.03. The highest BCUT2D eigenvalue weighted by atomic mass is 16.3. The second-order valence-electron chi connectivity index (χ2n) is 8.60. The Balaban J connectivity index is 2.06. The zero-order valence-electron chi connectivity index (χ0n) is 19.8. The normalized spacial score (nSPS) is 18.1. The van der Waals surface area contributed by atoms with E-state index in [9.17, 15) is 14.7 Å². The fraction of sp³-hybridized carbons (Fsp3) is 0.407. The van der Waals surface area contributed by atoms with Crippen molar-refractivity contribution in [3.63, 3.8) is 0 Å². The lowest BCUT2D eigenvalue weighted by atomic mass is 9.93. The molecule has 1 amide bonds. The number of Topliss-reactive ketones (excluding diaryl/α,β-unsaturated/α-hetero) is 1. The van der Waals surface area contributed by atoms with Crippen LogP contribution in [0.2, 0.25) is 0 Å². The Morgan fingerprint density at radius 2 is 1.59 bits per heavy atom. The maximum Gasteiger partial charge on any atom is 0.295 e. The van der Waals surface area contributed by atoms with Crippen molar-refractivity contribution in [2.75, 3.05) is 26.2 Å². The molecule has 0 aromatic heterocycles. The van der Waals surface area contributed by atoms with Crippen molar-refractivity contribution in [2.24, 2.45) is 0 Å². The summed E-state index contributed by atoms with van der Waals surface area (Å²) in [5.74, 6) is -1.25. The van der Waals surface area contributed by atoms with E-state index >= 15 is 0 Å². The van der Waals surface area contributed by atoms with E-state index in [0.29, 0.717) is 12.1 Å². The van der Waals surface area contributed by atoms with Crippen LogP contribution in [-0.4, -0.2) is 52.8 Å². The van der Waals surface area contributed by atoms with Crippen molar-refractivity contribution in [2.45, 2.75) is 47.1 Å². The number of ketones is 1. The molecule has 2 aromatic carbocycles. The van der Waals surface area contributed by atoms with Gasteiger partial charge in [0.15, 0.2) is 0 Å². The molecule has 5 nitrogen and oxygen atoms in total. The predicted octanol–water partition coefficient (Wildman–Crippen LogP) is 4.77. The molecule has 1 aliphatic rings. The first-order valence-corrected chi connectivity index (χ1v) is 11.4. The molecule has 0 radical (unpaired) electrons. The van der Waals surface area contributed by atoms with Gasteiger partial charge < -0.3 is 14.9 Å². The molecule has 1 saturated heterocycles. The average molecular weight is 435 g/mol. The van der Waals surface area contributed by atoms with Gasteiger partial charge in [-0.3, -0.25) is 9.59 Å². The summed E-state index contributed by atoms with van der Waals surface area (Å²) in [6.45, 7) is 13.3. The van der Waals surface area contributed by atoms with Crippen LogP contribution in [0.25, 0.3) is 5.76 Å². The van der Waals surface area contributed by atoms with Crippen molar-refractivity contribution in [3.05, 3.63) is 75.9 Å². The third-order valence-electron chi connectivity index (χ3n) is 6.35. The summed E-state index contributed by atoms with van der Waals surface area (Å²) in [6, 6.07) is 13.0. The lowest BCUT2D eigenvalue weighted by Gasteiger charge is -2.27. The summed E-state index contributed by atoms with van der Waals surface area (Å²) in [5, 5.41) is 11.3. The third-order valence-corrected chi connectivity index (χ3v) is 6.35. The van der Waals surface area contributed by atoms with Crippen LogP contribution in [0.3, 0.4) is 0 Å². The summed E-state index contributed by atoms with van der Waals surface area (Å²) in [7, 11) is 0. The van der Waals surface area contributed by atoms with E-state index in [0.717, 1.165) is 48.3 Å². The van der Waals surface area contributed by atoms with Crippen molar-refractivity contribution < 1.29 is 14.7 Å². The first-order valence-electron chi connectivity index (χ1n) is 11.4. The zero-order chi connectivity index (χ0) is 23.4. The summed E-state index contributed by atoms with van der Waals surface area (Å²) < 4.78 is 0. The summed E-state index contributed by atoms with van der Waals surface area (Å²) in [4.78, 5) is 30.2. The van der Waals surface area contributed by atoms with Crippen LogP contribution in [0.5, 0.6) is 0 Å². The van der Waals surface area contributed by atoms with Gasteiger partial charge >= 0.3 is 0 Å². The smallest absolute Gasteiger partial charge is 0.295 e. The molecule has 3 rings (SSSR count). The van der Waals surface area contributed by atoms with Gasteiger partial charge in [-0.15, -0.1) is 0 Å². The van der Waals surface area contributed by atoms with E-state index in [4.69, 9.17) is 0 Å². The molecule has 1 N–H and O–H groups in total. The van der Waals surface area contributed by atoms with Gasteiger partial charge in [0.25, 0.3) is 11.7 Å². The van der Waals surface area contributed by atoms with Crippen LogP contribution >= 0.6 is 0 Å². The lowest BCUT2D eigenvalue weighted by Crippen LogP contribution is -2.33. The molecule has 1 aliphatic heterocycles. The van der Waals surface area contributed by atoms with Crippen molar-refractivity contribution in [1.29, 1.82) is 0 Å². The van der Waals surface area contributed by atoms with Crippen LogP contribution in [0, 0.1) is 20.8 Å². The first-order chi connectivity index (χ1) is 15.3. The fourth-order valence-corrected chi connectivity index (χ4v) is 4.35. The Labute approximate surface area is 191 Å². The number of carbonyl (C=O) groups is 2. The van der Waals surface area contributed by atoms with E-state index in [1.54, 1.807) is 4.90 Å². The fourth-order valence-electron chi connectivity index (χ4n) is 4.35. The van der Waals surface area contributed by atoms with E-state index in [1.807, 2.05) is 63.2 Å². The van der Waals surface area contributed by atoms with Crippen molar-refractivity contribution in [1.82, 2.24) is 9.80 Å². The Morgan fingerprint density at radius 3 is 2.22 bits per heavy atom. The van der Waals surface area contributed by atoms with E-state index in [1.165, 1.54) is 0 Å². The maximum absolute atomic E-state index is 13.2. The van der Waals surface area contributed by atoms with Crippen LogP contribution in [0.1, 0.15) is 54.1 Å². The number of hydrogen-bond donors (Lipinski definition) is 1. The molecule has 1 atom stereocenters. The number of amides is 1. The molecule has 1 unspecified atom stereocenters. The molecule has 32 heavy (non-hydrogen) atoms. The molecule has 0 bridgehead atoms. The Bertz CT molecular complexity index is 1020. The number of aliphatic hydroxyl groups excluding tert-OH is 1. The number of carbonyl (C=O) groups excluding carboxylic acids is 2. The second kappa shape index (κ2) is 10.1. The minimum absolute atomic E-state index is 0.0960. The van der Waals surface area contributed by atoms with E-state index in [2.05, 4.69) is 18.7 Å². The molecule has 1 heterocycles. The number of nitrogens with zero attached hydrogens (tertiary/aromatic N) is 2. The molecule has 2 aromatic rings. The minimum atomic E-state index is -0.614. The molecule has 170 valence electrons. The Hall–Kier alpha value is -2.92. The topological polar surface area (TPSA) is 60.9 Å². The Morgan fingerprint density at radius 1 is 0.969 bits per heavy atom. The van der Waals surface area contributed by atoms with Gasteiger partial charge in [-0.25, -0.2) is 0 Å². The molecule has 0 aliphatic carbocycles. The first kappa shape index (κ1) is 23.7. The van der Waals surface area contributed by atoms with Crippen LogP contribution in [0.15, 0.2) is 48.0 Å². The molecular weight excluding hydrogens is 400 g/mol. The van der Waals surface area contributed by atoms with Crippen LogP contribution in [0.4, 0.5) is 0 Å². The van der Waals surface area contributed by atoms with E-state index in [-0.39, 0.29) is 11.3 Å². The highest BCUT2D eigenvalue weighted by molar-refractivity contribution is 6.46. The van der Waals surface area contributed by atoms with Gasteiger partial charge in [-0.05, 0) is 64.0 Å². The summed E-state index contributed by atoms with van der Waals surface area (Å²) >= 11 is 0. The quantitative estimate of drug-likeness (QED) is 0.369. The summed E-state index contributed by atoms with van der Waals surface area (Å²) in [6.07, 6.45) is 0.764. The molecular formula is C27H34N2O3. The van der Waals surface area contributed by atoms with E-state index < -0.39 is 17.7 Å². The van der Waals surface area contributed by atoms with Gasteiger partial charge in [0.1, 0.15) is 5.76 Å². The maximum atomic E-state index is 13.2. The van der Waals surface area contributed by atoms with Gasteiger partial charge in [-0.1, -0.05) is 61.4 Å². The molecule has 0 spiro atoms. The highest BCUT2D eigenvalue weighted by Crippen LogP contribution is 2.40. The molecule has 1 fully saturated rings. The van der Waals surface area contributed by atoms with Crippen molar-refractivity contribution in [3.8, 4) is 0 Å². The van der Waals surface area contributed by atoms with Crippen LogP contribution in [-0.2, 0) is 9.59 Å². The second-order valence-corrected chi connectivity index (χ2v) is 8.60. The molecule has 0 saturated carbocycles. The minimum Gasteiger partial charge on any atom is -0.507 e. The predicted molar refractivity (Wildman–Crippen MR) is 129 cm³/mol. The van der Waals surface area contributed by atoms with Gasteiger partial charge in [0, 0.05) is 12.1 Å². The van der Waals surface area contributed by atoms with Crippen LogP contribution < -0.4 is 0 Å². The summed E-state index contributed by atoms with van der Waals surface area (Å²) in [5.41, 5.74) is 4.56. The van der Waals surface area contributed by atoms with Crippen molar-refractivity contribution >= 4 is 17.4 Å². The van der Waals surface area contributed by atoms with Gasteiger partial charge in [-0.2, -0.15) is 0 Å². The monoisotopic (exact) mass is 434 g/mol. The van der Waals surface area contributed by atoms with Gasteiger partial charge in [0.05, 0.1) is 11.6 Å². The number of aliphatic hydroxyl groups is 1. The van der Waals surface area contributed by atoms with Gasteiger partial charge in [0.2, 0.25) is 0 Å². The standard InChI is InChI=1S/C27H34N2O3/c1-6-28(7-2)15-8-16-29-24(21-13-10-18(3)11-14-21)23(26(31)27(29)32)25(30)22-17-19(4)9-12-20(22)5/h9-14,17,24,30H,6-8,15-16H2,1-5H3/b25-23-. The third kappa shape index (κ3) is 4.78. The number of rotatable bonds is 8. The zero-order valence-corrected chi connectivity index (χ0v) is 19.8.